The monoisotopic (exact) mass is 570 g/mol. The van der Waals surface area contributed by atoms with Gasteiger partial charge in [0.1, 0.15) is 5.82 Å². The molecule has 0 radical (unpaired) electrons. The molecule has 5 aromatic rings. The molecule has 5 heteroatoms. The molecule has 6 rings (SSSR count). The molecule has 0 N–H and O–H groups in total. The van der Waals surface area contributed by atoms with Gasteiger partial charge < -0.3 is 9.47 Å². The summed E-state index contributed by atoms with van der Waals surface area (Å²) in [6, 6.07) is 31.7. The van der Waals surface area contributed by atoms with E-state index in [2.05, 4.69) is 90.0 Å². The first-order chi connectivity index (χ1) is 21.0. The zero-order valence-electron chi connectivity index (χ0n) is 25.5. The number of carbonyl (C=O) groups is 1. The lowest BCUT2D eigenvalue weighted by Crippen LogP contribution is -2.33. The van der Waals surface area contributed by atoms with E-state index in [1.54, 1.807) is 6.08 Å². The Morgan fingerprint density at radius 1 is 0.837 bits per heavy atom. The SMILES string of the molecule is CC(C)CN(Cc1nc2ccccc2n1Cc1ccccc1CN1CCCCC1)C(=O)/C=C/c1cccc2ccccc12. The van der Waals surface area contributed by atoms with Gasteiger partial charge in [0.05, 0.1) is 17.6 Å². The molecule has 0 saturated carbocycles. The van der Waals surface area contributed by atoms with Gasteiger partial charge in [-0.05, 0) is 77.5 Å². The molecule has 0 spiro atoms. The molecule has 2 heterocycles. The number of nitrogens with zero attached hydrogens (tertiary/aromatic N) is 4. The highest BCUT2D eigenvalue weighted by Crippen LogP contribution is 2.24. The fourth-order valence-electron chi connectivity index (χ4n) is 6.32. The predicted octanol–water partition coefficient (Wildman–Crippen LogP) is 7.92. The number of fused-ring (bicyclic) bond motifs is 2. The van der Waals surface area contributed by atoms with Crippen LogP contribution < -0.4 is 0 Å². The lowest BCUT2D eigenvalue weighted by atomic mass is 10.0. The Hall–Kier alpha value is -4.22. The van der Waals surface area contributed by atoms with Crippen molar-refractivity contribution in [2.24, 2.45) is 5.92 Å². The second-order valence-electron chi connectivity index (χ2n) is 12.2. The number of benzene rings is 4. The second kappa shape index (κ2) is 13.4. The van der Waals surface area contributed by atoms with E-state index in [1.165, 1.54) is 48.9 Å². The van der Waals surface area contributed by atoms with Crippen molar-refractivity contribution in [1.82, 2.24) is 19.4 Å². The molecule has 1 aliphatic heterocycles. The van der Waals surface area contributed by atoms with Crippen LogP contribution >= 0.6 is 0 Å². The van der Waals surface area contributed by atoms with Crippen molar-refractivity contribution in [3.63, 3.8) is 0 Å². The van der Waals surface area contributed by atoms with Crippen molar-refractivity contribution in [2.75, 3.05) is 19.6 Å². The number of hydrogen-bond donors (Lipinski definition) is 0. The number of amides is 1. The van der Waals surface area contributed by atoms with E-state index in [9.17, 15) is 4.79 Å². The molecule has 1 saturated heterocycles. The minimum Gasteiger partial charge on any atom is -0.331 e. The third-order valence-electron chi connectivity index (χ3n) is 8.48. The van der Waals surface area contributed by atoms with E-state index >= 15 is 0 Å². The Morgan fingerprint density at radius 2 is 1.53 bits per heavy atom. The van der Waals surface area contributed by atoms with E-state index in [-0.39, 0.29) is 5.91 Å². The van der Waals surface area contributed by atoms with Gasteiger partial charge in [-0.3, -0.25) is 9.69 Å². The summed E-state index contributed by atoms with van der Waals surface area (Å²) in [5, 5.41) is 2.32. The van der Waals surface area contributed by atoms with E-state index in [4.69, 9.17) is 4.98 Å². The number of aromatic nitrogens is 2. The van der Waals surface area contributed by atoms with Gasteiger partial charge in [-0.2, -0.15) is 0 Å². The van der Waals surface area contributed by atoms with Gasteiger partial charge in [0.15, 0.2) is 0 Å². The molecule has 4 aromatic carbocycles. The predicted molar refractivity (Wildman–Crippen MR) is 178 cm³/mol. The van der Waals surface area contributed by atoms with Crippen LogP contribution in [0.4, 0.5) is 0 Å². The quantitative estimate of drug-likeness (QED) is 0.160. The van der Waals surface area contributed by atoms with Gasteiger partial charge in [0.25, 0.3) is 0 Å². The number of imidazole rings is 1. The first kappa shape index (κ1) is 28.9. The maximum atomic E-state index is 13.7. The van der Waals surface area contributed by atoms with Crippen LogP contribution in [0.3, 0.4) is 0 Å². The molecule has 220 valence electrons. The van der Waals surface area contributed by atoms with Crippen molar-refractivity contribution in [1.29, 1.82) is 0 Å². The Labute approximate surface area is 255 Å². The van der Waals surface area contributed by atoms with Crippen molar-refractivity contribution in [2.45, 2.75) is 52.7 Å². The number of para-hydroxylation sites is 2. The Bertz CT molecular complexity index is 1720. The van der Waals surface area contributed by atoms with Gasteiger partial charge in [-0.15, -0.1) is 0 Å². The Kier molecular flexibility index (Phi) is 8.99. The van der Waals surface area contributed by atoms with Gasteiger partial charge in [0, 0.05) is 25.7 Å². The molecule has 43 heavy (non-hydrogen) atoms. The Morgan fingerprint density at radius 3 is 2.35 bits per heavy atom. The van der Waals surface area contributed by atoms with Crippen LogP contribution in [0.2, 0.25) is 0 Å². The van der Waals surface area contributed by atoms with E-state index in [0.717, 1.165) is 40.9 Å². The van der Waals surface area contributed by atoms with E-state index in [1.807, 2.05) is 35.2 Å². The second-order valence-corrected chi connectivity index (χ2v) is 12.2. The van der Waals surface area contributed by atoms with Crippen LogP contribution in [0.5, 0.6) is 0 Å². The average Bonchev–Trinajstić information content (AvgIpc) is 3.37. The first-order valence-electron chi connectivity index (χ1n) is 15.7. The summed E-state index contributed by atoms with van der Waals surface area (Å²) in [5.74, 6) is 1.25. The van der Waals surface area contributed by atoms with Gasteiger partial charge in [0.2, 0.25) is 5.91 Å². The molecule has 0 aliphatic carbocycles. The summed E-state index contributed by atoms with van der Waals surface area (Å²) in [6.45, 7) is 9.50. The number of rotatable bonds is 10. The molecule has 5 nitrogen and oxygen atoms in total. The Balaban J connectivity index is 1.29. The molecular formula is C38H42N4O. The highest BCUT2D eigenvalue weighted by molar-refractivity contribution is 5.96. The van der Waals surface area contributed by atoms with Crippen molar-refractivity contribution in [3.05, 3.63) is 120 Å². The van der Waals surface area contributed by atoms with Gasteiger partial charge in [-0.1, -0.05) is 99.1 Å². The van der Waals surface area contributed by atoms with E-state index < -0.39 is 0 Å². The summed E-state index contributed by atoms with van der Waals surface area (Å²) in [7, 11) is 0. The molecule has 0 unspecified atom stereocenters. The number of likely N-dealkylation sites (tertiary alicyclic amines) is 1. The lowest BCUT2D eigenvalue weighted by Gasteiger charge is -2.27. The largest absolute Gasteiger partial charge is 0.331 e. The van der Waals surface area contributed by atoms with Gasteiger partial charge >= 0.3 is 0 Å². The highest BCUT2D eigenvalue weighted by Gasteiger charge is 2.20. The molecule has 1 amide bonds. The van der Waals surface area contributed by atoms with E-state index in [0.29, 0.717) is 19.0 Å². The summed E-state index contributed by atoms with van der Waals surface area (Å²) < 4.78 is 2.32. The molecule has 1 aliphatic rings. The van der Waals surface area contributed by atoms with Crippen molar-refractivity contribution >= 4 is 33.8 Å². The summed E-state index contributed by atoms with van der Waals surface area (Å²) >= 11 is 0. The third-order valence-corrected chi connectivity index (χ3v) is 8.48. The molecule has 1 fully saturated rings. The van der Waals surface area contributed by atoms with Crippen LogP contribution in [0.25, 0.3) is 27.9 Å². The number of carbonyl (C=O) groups excluding carboxylic acids is 1. The fraction of sp³-hybridized carbons (Fsp3) is 0.316. The first-order valence-corrected chi connectivity index (χ1v) is 15.7. The number of piperidine rings is 1. The topological polar surface area (TPSA) is 41.4 Å². The minimum absolute atomic E-state index is 0.00531. The highest BCUT2D eigenvalue weighted by atomic mass is 16.2. The van der Waals surface area contributed by atoms with Crippen molar-refractivity contribution < 1.29 is 4.79 Å². The van der Waals surface area contributed by atoms with Crippen LogP contribution in [-0.2, 0) is 24.4 Å². The van der Waals surface area contributed by atoms with Crippen LogP contribution in [0.1, 0.15) is 55.6 Å². The maximum absolute atomic E-state index is 13.7. The molecule has 0 atom stereocenters. The third kappa shape index (κ3) is 6.89. The minimum atomic E-state index is 0.00531. The lowest BCUT2D eigenvalue weighted by molar-refractivity contribution is -0.127. The molecule has 1 aromatic heterocycles. The smallest absolute Gasteiger partial charge is 0.246 e. The van der Waals surface area contributed by atoms with Crippen molar-refractivity contribution in [3.8, 4) is 0 Å². The normalized spacial score (nSPS) is 14.3. The molecular weight excluding hydrogens is 528 g/mol. The zero-order chi connectivity index (χ0) is 29.6. The van der Waals surface area contributed by atoms with Crippen LogP contribution in [0.15, 0.2) is 97.1 Å². The summed E-state index contributed by atoms with van der Waals surface area (Å²) in [4.78, 5) is 23.4. The number of hydrogen-bond acceptors (Lipinski definition) is 3. The molecule has 0 bridgehead atoms. The summed E-state index contributed by atoms with van der Waals surface area (Å²) in [6.07, 6.45) is 7.59. The summed E-state index contributed by atoms with van der Waals surface area (Å²) in [5.41, 5.74) is 5.81. The standard InChI is InChI=1S/C38H42N4O/c1-29(2)25-41(38(43)22-21-31-17-12-16-30-13-6-7-18-34(30)31)28-37-39-35-19-8-9-20-36(35)42(37)27-33-15-5-4-14-32(33)26-40-23-10-3-11-24-40/h4-9,12-22,29H,3,10-11,23-28H2,1-2H3/b22-21+. The zero-order valence-corrected chi connectivity index (χ0v) is 25.5. The van der Waals surface area contributed by atoms with Crippen LogP contribution in [-0.4, -0.2) is 44.9 Å². The van der Waals surface area contributed by atoms with Crippen LogP contribution in [0, 0.1) is 5.92 Å². The fourth-order valence-corrected chi connectivity index (χ4v) is 6.32. The average molecular weight is 571 g/mol. The maximum Gasteiger partial charge on any atom is 0.246 e. The van der Waals surface area contributed by atoms with Gasteiger partial charge in [-0.25, -0.2) is 4.98 Å².